The maximum absolute atomic E-state index is 2.40. The molecule has 0 aliphatic rings. The molecule has 0 heterocycles. The van der Waals surface area contributed by atoms with Crippen molar-refractivity contribution in [3.05, 3.63) is 43.0 Å². The Morgan fingerprint density at radius 2 is 1.57 bits per heavy atom. The van der Waals surface area contributed by atoms with E-state index in [0.29, 0.717) is 0 Å². The summed E-state index contributed by atoms with van der Waals surface area (Å²) in [4.78, 5) is 0. The maximum Gasteiger partial charge on any atom is 0.0209 e. The third kappa shape index (κ3) is 1.91. The van der Waals surface area contributed by atoms with Gasteiger partial charge in [-0.2, -0.15) is 0 Å². The Morgan fingerprint density at radius 1 is 0.929 bits per heavy atom. The van der Waals surface area contributed by atoms with Crippen molar-refractivity contribution in [2.45, 2.75) is 13.3 Å². The molecule has 0 spiro atoms. The lowest BCUT2D eigenvalue weighted by atomic mass is 10.1. The summed E-state index contributed by atoms with van der Waals surface area (Å²) in [5.74, 6) is 0. The van der Waals surface area contributed by atoms with E-state index < -0.39 is 0 Å². The molecule has 0 amide bonds. The molecule has 2 aromatic rings. The molecular formula is C12H10I2. The molecule has 0 aromatic heterocycles. The van der Waals surface area contributed by atoms with Gasteiger partial charge in [0.2, 0.25) is 0 Å². The summed E-state index contributed by atoms with van der Waals surface area (Å²) in [6, 6.07) is 11.1. The van der Waals surface area contributed by atoms with Crippen LogP contribution in [0.25, 0.3) is 10.8 Å². The van der Waals surface area contributed by atoms with Crippen molar-refractivity contribution >= 4 is 56.0 Å². The van der Waals surface area contributed by atoms with Gasteiger partial charge in [0, 0.05) is 7.14 Å². The zero-order valence-electron chi connectivity index (χ0n) is 7.85. The Morgan fingerprint density at radius 3 is 2.21 bits per heavy atom. The lowest BCUT2D eigenvalue weighted by molar-refractivity contribution is 1.15. The third-order valence-corrected chi connectivity index (χ3v) is 4.26. The summed E-state index contributed by atoms with van der Waals surface area (Å²) >= 11 is 4.80. The average molecular weight is 408 g/mol. The van der Waals surface area contributed by atoms with Crippen LogP contribution in [0.4, 0.5) is 0 Å². The van der Waals surface area contributed by atoms with E-state index in [1.807, 2.05) is 0 Å². The number of rotatable bonds is 1. The van der Waals surface area contributed by atoms with E-state index in [9.17, 15) is 0 Å². The number of hydrogen-bond donors (Lipinski definition) is 0. The standard InChI is InChI=1S/C12H10I2/c1-2-8-3-4-9-10(7-8)12(14)6-5-11(9)13/h3-7H,2H2,1H3. The summed E-state index contributed by atoms with van der Waals surface area (Å²) < 4.78 is 2.67. The molecule has 2 rings (SSSR count). The minimum atomic E-state index is 1.11. The lowest BCUT2D eigenvalue weighted by Gasteiger charge is -2.05. The van der Waals surface area contributed by atoms with Gasteiger partial charge >= 0.3 is 0 Å². The molecule has 0 atom stereocenters. The van der Waals surface area contributed by atoms with Crippen LogP contribution in [-0.4, -0.2) is 0 Å². The maximum atomic E-state index is 2.40. The van der Waals surface area contributed by atoms with Gasteiger partial charge in [-0.3, -0.25) is 0 Å². The molecule has 0 nitrogen and oxygen atoms in total. The van der Waals surface area contributed by atoms with Crippen LogP contribution in [0.1, 0.15) is 12.5 Å². The summed E-state index contributed by atoms with van der Waals surface area (Å²) in [5.41, 5.74) is 1.41. The first-order valence-corrected chi connectivity index (χ1v) is 6.74. The molecule has 0 bridgehead atoms. The summed E-state index contributed by atoms with van der Waals surface area (Å²) in [6.07, 6.45) is 1.11. The van der Waals surface area contributed by atoms with Crippen LogP contribution in [0, 0.1) is 7.14 Å². The molecule has 0 unspecified atom stereocenters. The highest BCUT2D eigenvalue weighted by atomic mass is 127. The van der Waals surface area contributed by atoms with Gasteiger partial charge in [0.05, 0.1) is 0 Å². The van der Waals surface area contributed by atoms with E-state index in [1.165, 1.54) is 23.5 Å². The monoisotopic (exact) mass is 408 g/mol. The molecule has 2 heteroatoms. The largest absolute Gasteiger partial charge is 0.0613 e. The molecule has 0 aliphatic carbocycles. The average Bonchev–Trinajstić information content (AvgIpc) is 2.23. The van der Waals surface area contributed by atoms with Gasteiger partial charge in [-0.05, 0) is 80.1 Å². The van der Waals surface area contributed by atoms with Gasteiger partial charge in [-0.1, -0.05) is 25.1 Å². The highest BCUT2D eigenvalue weighted by molar-refractivity contribution is 14.1. The highest BCUT2D eigenvalue weighted by Gasteiger charge is 2.02. The second-order valence-electron chi connectivity index (χ2n) is 3.26. The predicted molar refractivity (Wildman–Crippen MR) is 78.8 cm³/mol. The van der Waals surface area contributed by atoms with Crippen LogP contribution in [0.15, 0.2) is 30.3 Å². The van der Waals surface area contributed by atoms with Gasteiger partial charge < -0.3 is 0 Å². The fourth-order valence-corrected chi connectivity index (χ4v) is 2.82. The van der Waals surface area contributed by atoms with Crippen molar-refractivity contribution in [2.24, 2.45) is 0 Å². The molecule has 0 saturated heterocycles. The number of hydrogen-bond acceptors (Lipinski definition) is 0. The van der Waals surface area contributed by atoms with E-state index in [4.69, 9.17) is 0 Å². The molecule has 14 heavy (non-hydrogen) atoms. The molecule has 2 aromatic carbocycles. The van der Waals surface area contributed by atoms with Crippen molar-refractivity contribution in [2.75, 3.05) is 0 Å². The van der Waals surface area contributed by atoms with Gasteiger partial charge in [-0.25, -0.2) is 0 Å². The second kappa shape index (κ2) is 4.35. The fraction of sp³-hybridized carbons (Fsp3) is 0.167. The van der Waals surface area contributed by atoms with Gasteiger partial charge in [-0.15, -0.1) is 0 Å². The van der Waals surface area contributed by atoms with E-state index in [-0.39, 0.29) is 0 Å². The zero-order chi connectivity index (χ0) is 10.1. The van der Waals surface area contributed by atoms with Gasteiger partial charge in [0.15, 0.2) is 0 Å². The van der Waals surface area contributed by atoms with Crippen LogP contribution >= 0.6 is 45.2 Å². The number of fused-ring (bicyclic) bond motifs is 1. The van der Waals surface area contributed by atoms with Gasteiger partial charge in [0.25, 0.3) is 0 Å². The van der Waals surface area contributed by atoms with E-state index in [2.05, 4.69) is 82.4 Å². The molecular weight excluding hydrogens is 398 g/mol. The van der Waals surface area contributed by atoms with Crippen LogP contribution < -0.4 is 0 Å². The SMILES string of the molecule is CCc1ccc2c(I)ccc(I)c2c1. The third-order valence-electron chi connectivity index (χ3n) is 2.38. The highest BCUT2D eigenvalue weighted by Crippen LogP contribution is 2.26. The fourth-order valence-electron chi connectivity index (χ4n) is 1.54. The zero-order valence-corrected chi connectivity index (χ0v) is 12.2. The van der Waals surface area contributed by atoms with E-state index in [0.717, 1.165) is 6.42 Å². The Balaban J connectivity index is 2.80. The predicted octanol–water partition coefficient (Wildman–Crippen LogP) is 4.61. The minimum absolute atomic E-state index is 1.11. The van der Waals surface area contributed by atoms with E-state index in [1.54, 1.807) is 0 Å². The quantitative estimate of drug-likeness (QED) is 0.605. The molecule has 0 fully saturated rings. The summed E-state index contributed by atoms with van der Waals surface area (Å²) in [5, 5.41) is 2.76. The number of benzene rings is 2. The Kier molecular flexibility index (Phi) is 3.31. The Bertz CT molecular complexity index is 475. The van der Waals surface area contributed by atoms with Gasteiger partial charge in [0.1, 0.15) is 0 Å². The molecule has 0 N–H and O–H groups in total. The lowest BCUT2D eigenvalue weighted by Crippen LogP contribution is -1.85. The van der Waals surface area contributed by atoms with Crippen molar-refractivity contribution in [1.29, 1.82) is 0 Å². The van der Waals surface area contributed by atoms with Crippen LogP contribution in [0.3, 0.4) is 0 Å². The normalized spacial score (nSPS) is 10.8. The molecule has 0 saturated carbocycles. The Labute approximate surface area is 111 Å². The first kappa shape index (κ1) is 10.7. The van der Waals surface area contributed by atoms with Crippen LogP contribution in [-0.2, 0) is 6.42 Å². The van der Waals surface area contributed by atoms with Crippen molar-refractivity contribution in [3.8, 4) is 0 Å². The molecule has 0 aliphatic heterocycles. The first-order chi connectivity index (χ1) is 6.72. The number of halogens is 2. The molecule has 72 valence electrons. The van der Waals surface area contributed by atoms with Crippen molar-refractivity contribution < 1.29 is 0 Å². The topological polar surface area (TPSA) is 0 Å². The smallest absolute Gasteiger partial charge is 0.0209 e. The Hall–Kier alpha value is 0.160. The summed E-state index contributed by atoms with van der Waals surface area (Å²) in [6.45, 7) is 2.20. The van der Waals surface area contributed by atoms with Crippen LogP contribution in [0.5, 0.6) is 0 Å². The second-order valence-corrected chi connectivity index (χ2v) is 5.59. The summed E-state index contributed by atoms with van der Waals surface area (Å²) in [7, 11) is 0. The first-order valence-electron chi connectivity index (χ1n) is 4.59. The number of aryl methyl sites for hydroxylation is 1. The van der Waals surface area contributed by atoms with Crippen molar-refractivity contribution in [1.82, 2.24) is 0 Å². The minimum Gasteiger partial charge on any atom is -0.0613 e. The van der Waals surface area contributed by atoms with Crippen molar-refractivity contribution in [3.63, 3.8) is 0 Å². The van der Waals surface area contributed by atoms with Crippen LogP contribution in [0.2, 0.25) is 0 Å². The molecule has 0 radical (unpaired) electrons. The van der Waals surface area contributed by atoms with E-state index >= 15 is 0 Å².